The minimum atomic E-state index is -3.88. The first-order chi connectivity index (χ1) is 15.9. The number of H-pyrrole nitrogens is 1. The molecular formula is C21H29N5O7S. The van der Waals surface area contributed by atoms with Crippen LogP contribution in [0.15, 0.2) is 32.7 Å². The van der Waals surface area contributed by atoms with Gasteiger partial charge in [0.1, 0.15) is 5.82 Å². The number of nitro benzene ring substituents is 1. The highest BCUT2D eigenvalue weighted by molar-refractivity contribution is 7.90. The maximum Gasteiger partial charge on any atom is 0.330 e. The number of carbonyl (C=O) groups excluding carboxylic acids is 1. The molecule has 0 fully saturated rings. The maximum atomic E-state index is 13.5. The Bertz CT molecular complexity index is 1300. The molecule has 0 atom stereocenters. The van der Waals surface area contributed by atoms with Gasteiger partial charge in [0.25, 0.3) is 17.2 Å². The maximum absolute atomic E-state index is 13.5. The number of hydrogen-bond acceptors (Lipinski definition) is 8. The van der Waals surface area contributed by atoms with Crippen LogP contribution in [0.2, 0.25) is 0 Å². The second kappa shape index (κ2) is 11.1. The summed E-state index contributed by atoms with van der Waals surface area (Å²) in [6.07, 6.45) is 4.21. The van der Waals surface area contributed by atoms with E-state index in [-0.39, 0.29) is 30.2 Å². The zero-order valence-electron chi connectivity index (χ0n) is 19.4. The number of unbranched alkanes of at least 4 members (excludes halogenated alkanes) is 3. The van der Waals surface area contributed by atoms with Crippen LogP contribution < -0.4 is 21.9 Å². The Balaban J connectivity index is 2.73. The first kappa shape index (κ1) is 26.8. The number of non-ortho nitro benzene ring substituents is 1. The van der Waals surface area contributed by atoms with E-state index in [1.54, 1.807) is 0 Å². The molecule has 12 nitrogen and oxygen atoms in total. The van der Waals surface area contributed by atoms with E-state index in [9.17, 15) is 32.9 Å². The molecule has 0 aliphatic heterocycles. The van der Waals surface area contributed by atoms with Crippen LogP contribution in [-0.2, 0) is 16.4 Å². The number of aromatic nitrogens is 2. The predicted molar refractivity (Wildman–Crippen MR) is 128 cm³/mol. The summed E-state index contributed by atoms with van der Waals surface area (Å²) >= 11 is 0. The standard InChI is InChI=1S/C21H29N5O7S/c1-4-6-8-10-24(17-18(22)25(9-7-5-2)21(29)23-19(17)27)20(28)14-11-15(26(30)31)13-16(12-14)34(3,32)33/h11-13H,4-10,22H2,1-3H3,(H,23,27,29). The van der Waals surface area contributed by atoms with Gasteiger partial charge >= 0.3 is 5.69 Å². The Kier molecular flexibility index (Phi) is 8.74. The number of nitro groups is 1. The van der Waals surface area contributed by atoms with E-state index in [4.69, 9.17) is 5.73 Å². The lowest BCUT2D eigenvalue weighted by Gasteiger charge is -2.25. The highest BCUT2D eigenvalue weighted by Gasteiger charge is 2.27. The summed E-state index contributed by atoms with van der Waals surface area (Å²) in [6.45, 7) is 4.10. The molecule has 1 aromatic carbocycles. The highest BCUT2D eigenvalue weighted by atomic mass is 32.2. The second-order valence-corrected chi connectivity index (χ2v) is 9.92. The molecule has 13 heteroatoms. The van der Waals surface area contributed by atoms with Gasteiger partial charge in [-0.05, 0) is 18.9 Å². The number of rotatable bonds is 11. The van der Waals surface area contributed by atoms with Gasteiger partial charge in [-0.2, -0.15) is 0 Å². The quantitative estimate of drug-likeness (QED) is 0.270. The molecule has 2 rings (SSSR count). The largest absolute Gasteiger partial charge is 0.383 e. The molecule has 34 heavy (non-hydrogen) atoms. The molecule has 0 saturated heterocycles. The van der Waals surface area contributed by atoms with Crippen molar-refractivity contribution in [1.29, 1.82) is 0 Å². The van der Waals surface area contributed by atoms with Crippen molar-refractivity contribution in [2.24, 2.45) is 0 Å². The van der Waals surface area contributed by atoms with Crippen molar-refractivity contribution in [2.75, 3.05) is 23.4 Å². The molecule has 1 aromatic heterocycles. The average molecular weight is 496 g/mol. The first-order valence-electron chi connectivity index (χ1n) is 10.9. The van der Waals surface area contributed by atoms with Gasteiger partial charge in [0.2, 0.25) is 0 Å². The molecule has 0 unspecified atom stereocenters. The number of amides is 1. The van der Waals surface area contributed by atoms with E-state index in [0.29, 0.717) is 19.3 Å². The summed E-state index contributed by atoms with van der Waals surface area (Å²) in [6, 6.07) is 2.83. The van der Waals surface area contributed by atoms with E-state index in [1.165, 1.54) is 0 Å². The Morgan fingerprint density at radius 2 is 1.79 bits per heavy atom. The summed E-state index contributed by atoms with van der Waals surface area (Å²) in [5.74, 6) is -1.05. The molecule has 1 heterocycles. The van der Waals surface area contributed by atoms with Crippen LogP contribution in [0.5, 0.6) is 0 Å². The van der Waals surface area contributed by atoms with E-state index < -0.39 is 42.5 Å². The number of hydrogen-bond donors (Lipinski definition) is 2. The lowest BCUT2D eigenvalue weighted by molar-refractivity contribution is -0.385. The summed E-state index contributed by atoms with van der Waals surface area (Å²) in [5.41, 5.74) is 3.43. The third kappa shape index (κ3) is 6.10. The third-order valence-corrected chi connectivity index (χ3v) is 6.32. The molecule has 0 spiro atoms. The average Bonchev–Trinajstić information content (AvgIpc) is 2.76. The molecule has 3 N–H and O–H groups in total. The normalized spacial score (nSPS) is 11.4. The lowest BCUT2D eigenvalue weighted by Crippen LogP contribution is -2.41. The fourth-order valence-electron chi connectivity index (χ4n) is 3.39. The topological polar surface area (TPSA) is 178 Å². The number of nitrogen functional groups attached to an aromatic ring is 1. The molecule has 0 aliphatic rings. The third-order valence-electron chi connectivity index (χ3n) is 5.23. The monoisotopic (exact) mass is 495 g/mol. The Morgan fingerprint density at radius 1 is 1.15 bits per heavy atom. The Hall–Kier alpha value is -3.48. The van der Waals surface area contributed by atoms with E-state index >= 15 is 0 Å². The lowest BCUT2D eigenvalue weighted by atomic mass is 10.1. The Morgan fingerprint density at radius 3 is 2.35 bits per heavy atom. The van der Waals surface area contributed by atoms with Crippen molar-refractivity contribution in [3.63, 3.8) is 0 Å². The van der Waals surface area contributed by atoms with Crippen LogP contribution in [-0.4, -0.2) is 41.6 Å². The van der Waals surface area contributed by atoms with Crippen molar-refractivity contribution >= 4 is 32.9 Å². The van der Waals surface area contributed by atoms with Crippen LogP contribution in [0.4, 0.5) is 17.2 Å². The molecule has 0 bridgehead atoms. The fourth-order valence-corrected chi connectivity index (χ4v) is 4.07. The minimum absolute atomic E-state index is 0.0306. The van der Waals surface area contributed by atoms with Crippen molar-refractivity contribution in [1.82, 2.24) is 9.55 Å². The minimum Gasteiger partial charge on any atom is -0.383 e. The van der Waals surface area contributed by atoms with Crippen LogP contribution in [0, 0.1) is 10.1 Å². The van der Waals surface area contributed by atoms with Gasteiger partial charge in [0.05, 0.1) is 9.82 Å². The van der Waals surface area contributed by atoms with E-state index in [1.807, 2.05) is 13.8 Å². The highest BCUT2D eigenvalue weighted by Crippen LogP contribution is 2.25. The fraction of sp³-hybridized carbons (Fsp3) is 0.476. The first-order valence-corrected chi connectivity index (χ1v) is 12.8. The molecular weight excluding hydrogens is 466 g/mol. The van der Waals surface area contributed by atoms with Crippen molar-refractivity contribution in [3.05, 3.63) is 54.7 Å². The van der Waals surface area contributed by atoms with E-state index in [2.05, 4.69) is 4.98 Å². The van der Waals surface area contributed by atoms with Gasteiger partial charge in [-0.25, -0.2) is 13.2 Å². The van der Waals surface area contributed by atoms with Gasteiger partial charge in [0.15, 0.2) is 15.5 Å². The molecule has 0 saturated carbocycles. The number of carbonyl (C=O) groups is 1. The van der Waals surface area contributed by atoms with Gasteiger partial charge in [-0.15, -0.1) is 0 Å². The second-order valence-electron chi connectivity index (χ2n) is 7.91. The van der Waals surface area contributed by atoms with Crippen molar-refractivity contribution < 1.29 is 18.1 Å². The SMILES string of the molecule is CCCCCN(C(=O)c1cc([N+](=O)[O-])cc(S(C)(=O)=O)c1)c1c(N)n(CCCC)c(=O)[nH]c1=O. The molecule has 0 aliphatic carbocycles. The smallest absolute Gasteiger partial charge is 0.330 e. The zero-order valence-corrected chi connectivity index (χ0v) is 20.2. The number of nitrogens with one attached hydrogen (secondary N) is 1. The molecule has 186 valence electrons. The summed E-state index contributed by atoms with van der Waals surface area (Å²) in [5, 5.41) is 11.4. The summed E-state index contributed by atoms with van der Waals surface area (Å²) in [7, 11) is -3.88. The zero-order chi connectivity index (χ0) is 25.6. The van der Waals surface area contributed by atoms with Crippen LogP contribution >= 0.6 is 0 Å². The van der Waals surface area contributed by atoms with Gasteiger partial charge in [-0.3, -0.25) is 29.3 Å². The van der Waals surface area contributed by atoms with Gasteiger partial charge in [-0.1, -0.05) is 33.1 Å². The van der Waals surface area contributed by atoms with E-state index in [0.717, 1.165) is 46.8 Å². The Labute approximate surface area is 196 Å². The number of nitrogens with two attached hydrogens (primary N) is 1. The van der Waals surface area contributed by atoms with Crippen molar-refractivity contribution in [2.45, 2.75) is 57.4 Å². The predicted octanol–water partition coefficient (Wildman–Crippen LogP) is 2.07. The van der Waals surface area contributed by atoms with Gasteiger partial charge in [0, 0.05) is 37.0 Å². The number of benzene rings is 1. The van der Waals surface area contributed by atoms with Crippen LogP contribution in [0.25, 0.3) is 0 Å². The van der Waals surface area contributed by atoms with Crippen LogP contribution in [0.1, 0.15) is 56.3 Å². The van der Waals surface area contributed by atoms with Crippen LogP contribution in [0.3, 0.4) is 0 Å². The van der Waals surface area contributed by atoms with Crippen molar-refractivity contribution in [3.8, 4) is 0 Å². The number of sulfone groups is 1. The summed E-state index contributed by atoms with van der Waals surface area (Å²) in [4.78, 5) is 52.0. The number of aromatic amines is 1. The molecule has 2 aromatic rings. The summed E-state index contributed by atoms with van der Waals surface area (Å²) < 4.78 is 25.3. The number of anilines is 2. The number of nitrogens with zero attached hydrogens (tertiary/aromatic N) is 3. The molecule has 1 amide bonds. The van der Waals surface area contributed by atoms with Gasteiger partial charge < -0.3 is 10.6 Å². The molecule has 0 radical (unpaired) electrons.